The topological polar surface area (TPSA) is 111 Å². The zero-order valence-corrected chi connectivity index (χ0v) is 24.7. The van der Waals surface area contributed by atoms with Gasteiger partial charge in [-0.05, 0) is 70.1 Å². The summed E-state index contributed by atoms with van der Waals surface area (Å²) in [6.45, 7) is 6.72. The molecule has 3 aliphatic rings. The van der Waals surface area contributed by atoms with Gasteiger partial charge >= 0.3 is 18.0 Å². The quantitative estimate of drug-likeness (QED) is 0.504. The van der Waals surface area contributed by atoms with Crippen LogP contribution in [-0.2, 0) is 20.9 Å². The lowest BCUT2D eigenvalue weighted by Crippen LogP contribution is -2.56. The molecular formula is C32H41N5O5. The third kappa shape index (κ3) is 6.86. The van der Waals surface area contributed by atoms with E-state index in [9.17, 15) is 19.2 Å². The molecule has 2 atom stereocenters. The number of rotatable bonds is 5. The monoisotopic (exact) mass is 575 g/mol. The van der Waals surface area contributed by atoms with Crippen LogP contribution < -0.4 is 10.6 Å². The Balaban J connectivity index is 1.22. The van der Waals surface area contributed by atoms with Gasteiger partial charge in [0, 0.05) is 31.4 Å². The number of fused-ring (bicyclic) bond motifs is 1. The van der Waals surface area contributed by atoms with Crippen molar-refractivity contribution in [3.05, 3.63) is 65.7 Å². The lowest BCUT2D eigenvalue weighted by molar-refractivity contribution is -0.160. The lowest BCUT2D eigenvalue weighted by Gasteiger charge is -2.40. The number of urea groups is 2. The highest BCUT2D eigenvalue weighted by Gasteiger charge is 2.38. The van der Waals surface area contributed by atoms with E-state index in [1.54, 1.807) is 30.6 Å². The van der Waals surface area contributed by atoms with Crippen molar-refractivity contribution in [2.45, 2.75) is 83.1 Å². The maximum absolute atomic E-state index is 13.9. The van der Waals surface area contributed by atoms with Gasteiger partial charge in [-0.25, -0.2) is 9.59 Å². The van der Waals surface area contributed by atoms with Gasteiger partial charge in [0.05, 0.1) is 6.04 Å². The molecule has 2 unspecified atom stereocenters. The summed E-state index contributed by atoms with van der Waals surface area (Å²) in [5.74, 6) is -0.755. The van der Waals surface area contributed by atoms with E-state index in [0.29, 0.717) is 51.7 Å². The van der Waals surface area contributed by atoms with Crippen molar-refractivity contribution in [1.29, 1.82) is 0 Å². The highest BCUT2D eigenvalue weighted by atomic mass is 16.6. The Morgan fingerprint density at radius 1 is 0.952 bits per heavy atom. The Morgan fingerprint density at radius 2 is 1.64 bits per heavy atom. The molecule has 0 aliphatic carbocycles. The second kappa shape index (κ2) is 12.4. The Bertz CT molecular complexity index is 1300. The van der Waals surface area contributed by atoms with Crippen LogP contribution in [-0.4, -0.2) is 76.0 Å². The first kappa shape index (κ1) is 29.4. The average Bonchev–Trinajstić information content (AvgIpc) is 3.10. The van der Waals surface area contributed by atoms with Crippen LogP contribution in [0, 0.1) is 0 Å². The predicted octanol–water partition coefficient (Wildman–Crippen LogP) is 4.67. The molecule has 2 aromatic carbocycles. The minimum Gasteiger partial charge on any atom is -0.459 e. The number of amides is 5. The van der Waals surface area contributed by atoms with Crippen LogP contribution in [0.4, 0.5) is 15.3 Å². The number of anilines is 1. The fourth-order valence-corrected chi connectivity index (χ4v) is 6.14. The maximum atomic E-state index is 13.9. The van der Waals surface area contributed by atoms with E-state index in [4.69, 9.17) is 4.74 Å². The van der Waals surface area contributed by atoms with E-state index in [1.807, 2.05) is 59.5 Å². The smallest absolute Gasteiger partial charge is 0.326 e. The van der Waals surface area contributed by atoms with Crippen molar-refractivity contribution in [2.24, 2.45) is 0 Å². The molecule has 224 valence electrons. The third-order valence-electron chi connectivity index (χ3n) is 8.18. The van der Waals surface area contributed by atoms with Crippen molar-refractivity contribution in [3.8, 4) is 0 Å². The number of para-hydroxylation sites is 1. The number of benzene rings is 2. The first-order valence-corrected chi connectivity index (χ1v) is 14.9. The largest absolute Gasteiger partial charge is 0.459 e. The summed E-state index contributed by atoms with van der Waals surface area (Å²) in [6, 6.07) is 16.1. The zero-order valence-electron chi connectivity index (χ0n) is 24.7. The van der Waals surface area contributed by atoms with Gasteiger partial charge in [-0.1, -0.05) is 48.5 Å². The number of nitrogens with zero attached hydrogens (tertiary/aromatic N) is 3. The van der Waals surface area contributed by atoms with Gasteiger partial charge < -0.3 is 30.1 Å². The molecule has 0 spiro atoms. The summed E-state index contributed by atoms with van der Waals surface area (Å²) in [5.41, 5.74) is 2.20. The number of esters is 1. The molecule has 2 aromatic rings. The summed E-state index contributed by atoms with van der Waals surface area (Å²) in [4.78, 5) is 58.0. The second-order valence-corrected chi connectivity index (χ2v) is 12.3. The van der Waals surface area contributed by atoms with Crippen LogP contribution in [0.15, 0.2) is 54.6 Å². The summed E-state index contributed by atoms with van der Waals surface area (Å²) in [6.07, 6.45) is 3.19. The Labute approximate surface area is 247 Å². The minimum atomic E-state index is -0.740. The summed E-state index contributed by atoms with van der Waals surface area (Å²) in [5, 5.41) is 5.94. The standard InChI is InChI=1S/C32H41N5O5/c1-32(2,3)42-28(38)21-37-27(22-10-5-4-6-11-22)15-9-14-26(29(37)39)34-30(40)35-18-16-24(17-19-35)36-20-23-12-7-8-13-25(23)33-31(36)41/h4-8,10-13,24,26-27H,9,14-21H2,1-3H3,(H,33,41)(H,34,40). The SMILES string of the molecule is CC(C)(C)OC(=O)CN1C(=O)C(NC(=O)N2CCC(N3Cc4ccccc4NC3=O)CC2)CCCC1c1ccccc1. The molecule has 5 rings (SSSR count). The Kier molecular flexibility index (Phi) is 8.70. The van der Waals surface area contributed by atoms with E-state index in [1.165, 1.54) is 0 Å². The molecule has 2 fully saturated rings. The van der Waals surface area contributed by atoms with Crippen molar-refractivity contribution in [3.63, 3.8) is 0 Å². The molecule has 5 amide bonds. The Morgan fingerprint density at radius 3 is 2.36 bits per heavy atom. The molecule has 3 heterocycles. The first-order chi connectivity index (χ1) is 20.1. The molecule has 2 N–H and O–H groups in total. The average molecular weight is 576 g/mol. The van der Waals surface area contributed by atoms with Crippen molar-refractivity contribution >= 4 is 29.6 Å². The van der Waals surface area contributed by atoms with Crippen LogP contribution >= 0.6 is 0 Å². The maximum Gasteiger partial charge on any atom is 0.326 e. The summed E-state index contributed by atoms with van der Waals surface area (Å²) in [7, 11) is 0. The molecule has 10 nitrogen and oxygen atoms in total. The number of carbonyl (C=O) groups excluding carboxylic acids is 4. The van der Waals surface area contributed by atoms with Gasteiger partial charge in [-0.2, -0.15) is 0 Å². The fraction of sp³-hybridized carbons (Fsp3) is 0.500. The number of nitrogens with one attached hydrogen (secondary N) is 2. The van der Waals surface area contributed by atoms with Gasteiger partial charge in [-0.3, -0.25) is 9.59 Å². The first-order valence-electron chi connectivity index (χ1n) is 14.9. The second-order valence-electron chi connectivity index (χ2n) is 12.3. The fourth-order valence-electron chi connectivity index (χ4n) is 6.14. The number of hydrogen-bond donors (Lipinski definition) is 2. The molecule has 10 heteroatoms. The van der Waals surface area contributed by atoms with E-state index >= 15 is 0 Å². The predicted molar refractivity (Wildman–Crippen MR) is 159 cm³/mol. The van der Waals surface area contributed by atoms with E-state index < -0.39 is 17.6 Å². The van der Waals surface area contributed by atoms with Crippen LogP contribution in [0.1, 0.15) is 70.0 Å². The molecule has 3 aliphatic heterocycles. The van der Waals surface area contributed by atoms with Gasteiger partial charge in [0.2, 0.25) is 5.91 Å². The van der Waals surface area contributed by atoms with Gasteiger partial charge in [0.1, 0.15) is 18.2 Å². The van der Waals surface area contributed by atoms with Crippen LogP contribution in [0.2, 0.25) is 0 Å². The zero-order chi connectivity index (χ0) is 29.9. The van der Waals surface area contributed by atoms with Crippen molar-refractivity contribution < 1.29 is 23.9 Å². The van der Waals surface area contributed by atoms with E-state index in [-0.39, 0.29) is 36.6 Å². The lowest BCUT2D eigenvalue weighted by atomic mass is 10.0. The van der Waals surface area contributed by atoms with Crippen LogP contribution in [0.25, 0.3) is 0 Å². The molecule has 0 radical (unpaired) electrons. The van der Waals surface area contributed by atoms with E-state index in [2.05, 4.69) is 10.6 Å². The number of piperidine rings is 1. The summed E-state index contributed by atoms with van der Waals surface area (Å²) >= 11 is 0. The number of likely N-dealkylation sites (tertiary alicyclic amines) is 2. The molecule has 0 aromatic heterocycles. The molecule has 0 saturated carbocycles. The highest BCUT2D eigenvalue weighted by molar-refractivity contribution is 5.92. The van der Waals surface area contributed by atoms with E-state index in [0.717, 1.165) is 16.8 Å². The molecule has 2 saturated heterocycles. The number of ether oxygens (including phenoxy) is 1. The van der Waals surface area contributed by atoms with Crippen molar-refractivity contribution in [1.82, 2.24) is 20.0 Å². The molecule has 0 bridgehead atoms. The highest BCUT2D eigenvalue weighted by Crippen LogP contribution is 2.32. The van der Waals surface area contributed by atoms with Gasteiger partial charge in [-0.15, -0.1) is 0 Å². The molecular weight excluding hydrogens is 534 g/mol. The van der Waals surface area contributed by atoms with Crippen molar-refractivity contribution in [2.75, 3.05) is 25.0 Å². The minimum absolute atomic E-state index is 0.0258. The normalized spacial score (nSPS) is 21.7. The number of hydrogen-bond acceptors (Lipinski definition) is 5. The van der Waals surface area contributed by atoms with Crippen LogP contribution in [0.5, 0.6) is 0 Å². The number of carbonyl (C=O) groups is 4. The third-order valence-corrected chi connectivity index (χ3v) is 8.18. The summed E-state index contributed by atoms with van der Waals surface area (Å²) < 4.78 is 5.55. The van der Waals surface area contributed by atoms with Gasteiger partial charge in [0.25, 0.3) is 0 Å². The van der Waals surface area contributed by atoms with Crippen LogP contribution in [0.3, 0.4) is 0 Å². The Hall–Kier alpha value is -4.08. The van der Waals surface area contributed by atoms with Gasteiger partial charge in [0.15, 0.2) is 0 Å². The molecule has 42 heavy (non-hydrogen) atoms.